The highest BCUT2D eigenvalue weighted by atomic mass is 35.5. The smallest absolute Gasteiger partial charge is 0.338 e. The zero-order valence-corrected chi connectivity index (χ0v) is 18.5. The van der Waals surface area contributed by atoms with Gasteiger partial charge >= 0.3 is 5.97 Å². The summed E-state index contributed by atoms with van der Waals surface area (Å²) in [7, 11) is 0. The maximum Gasteiger partial charge on any atom is 0.338 e. The van der Waals surface area contributed by atoms with Gasteiger partial charge in [-0.1, -0.05) is 35.3 Å². The molecule has 154 valence electrons. The fraction of sp³-hybridized carbons (Fsp3) is 0.130. The van der Waals surface area contributed by atoms with Crippen molar-refractivity contribution in [1.82, 2.24) is 0 Å². The minimum atomic E-state index is -0.454. The second-order valence-electron chi connectivity index (χ2n) is 6.31. The van der Waals surface area contributed by atoms with Gasteiger partial charge in [0, 0.05) is 21.2 Å². The van der Waals surface area contributed by atoms with E-state index in [4.69, 9.17) is 27.9 Å². The number of benzene rings is 3. The van der Waals surface area contributed by atoms with Gasteiger partial charge in [0.15, 0.2) is 0 Å². The molecule has 0 aliphatic carbocycles. The molecule has 0 bridgehead atoms. The fourth-order valence-electron chi connectivity index (χ4n) is 2.60. The van der Waals surface area contributed by atoms with Crippen LogP contribution in [0.1, 0.15) is 33.2 Å². The van der Waals surface area contributed by atoms with Gasteiger partial charge < -0.3 is 10.1 Å². The summed E-state index contributed by atoms with van der Waals surface area (Å²) in [4.78, 5) is 25.4. The van der Waals surface area contributed by atoms with Crippen molar-refractivity contribution < 1.29 is 14.3 Å². The van der Waals surface area contributed by atoms with Crippen LogP contribution in [0.2, 0.25) is 10.0 Å². The van der Waals surface area contributed by atoms with E-state index >= 15 is 0 Å². The molecule has 7 heteroatoms. The van der Waals surface area contributed by atoms with Gasteiger partial charge in [-0.15, -0.1) is 11.8 Å². The highest BCUT2D eigenvalue weighted by molar-refractivity contribution is 7.98. The summed E-state index contributed by atoms with van der Waals surface area (Å²) in [5.74, 6) is 0.0482. The third kappa shape index (κ3) is 6.02. The molecular formula is C23H19Cl2NO3S. The second kappa shape index (κ2) is 10.5. The van der Waals surface area contributed by atoms with E-state index in [1.54, 1.807) is 43.0 Å². The monoisotopic (exact) mass is 459 g/mol. The predicted octanol–water partition coefficient (Wildman–Crippen LogP) is 6.71. The highest BCUT2D eigenvalue weighted by Gasteiger charge is 2.12. The number of anilines is 1. The topological polar surface area (TPSA) is 55.4 Å². The summed E-state index contributed by atoms with van der Waals surface area (Å²) < 4.78 is 4.95. The number of amides is 1. The Morgan fingerprint density at radius 1 is 0.933 bits per heavy atom. The van der Waals surface area contributed by atoms with E-state index < -0.39 is 5.97 Å². The van der Waals surface area contributed by atoms with E-state index in [1.165, 1.54) is 6.07 Å². The molecule has 0 spiro atoms. The number of nitrogens with one attached hydrogen (secondary N) is 1. The molecule has 3 aromatic carbocycles. The number of hydrogen-bond acceptors (Lipinski definition) is 4. The molecule has 0 aliphatic heterocycles. The molecule has 3 rings (SSSR count). The first-order valence-corrected chi connectivity index (χ1v) is 11.0. The van der Waals surface area contributed by atoms with E-state index in [-0.39, 0.29) is 17.5 Å². The lowest BCUT2D eigenvalue weighted by atomic mass is 10.1. The van der Waals surface area contributed by atoms with E-state index in [0.29, 0.717) is 21.8 Å². The minimum Gasteiger partial charge on any atom is -0.462 e. The number of ether oxygens (including phenoxy) is 1. The Bertz CT molecular complexity index is 1040. The zero-order valence-electron chi connectivity index (χ0n) is 16.2. The molecule has 0 atom stereocenters. The van der Waals surface area contributed by atoms with Crippen LogP contribution in [0.3, 0.4) is 0 Å². The number of thioether (sulfide) groups is 1. The molecule has 0 fully saturated rings. The number of halogens is 2. The van der Waals surface area contributed by atoms with Crippen LogP contribution < -0.4 is 5.32 Å². The Kier molecular flexibility index (Phi) is 7.80. The van der Waals surface area contributed by atoms with Gasteiger partial charge in [-0.25, -0.2) is 4.79 Å². The van der Waals surface area contributed by atoms with Crippen molar-refractivity contribution >= 4 is 52.5 Å². The lowest BCUT2D eigenvalue weighted by Crippen LogP contribution is -2.12. The van der Waals surface area contributed by atoms with Crippen LogP contribution in [0.25, 0.3) is 0 Å². The Labute approximate surface area is 189 Å². The van der Waals surface area contributed by atoms with Crippen molar-refractivity contribution in [2.24, 2.45) is 0 Å². The van der Waals surface area contributed by atoms with Crippen LogP contribution >= 0.6 is 35.0 Å². The molecule has 0 radical (unpaired) electrons. The van der Waals surface area contributed by atoms with Crippen LogP contribution in [0.15, 0.2) is 71.6 Å². The van der Waals surface area contributed by atoms with Crippen LogP contribution in [-0.2, 0) is 10.5 Å². The average molecular weight is 460 g/mol. The number of hydrogen-bond donors (Lipinski definition) is 1. The highest BCUT2D eigenvalue weighted by Crippen LogP contribution is 2.26. The molecule has 30 heavy (non-hydrogen) atoms. The zero-order chi connectivity index (χ0) is 21.5. The molecule has 0 saturated carbocycles. The molecular weight excluding hydrogens is 441 g/mol. The van der Waals surface area contributed by atoms with Gasteiger partial charge in [0.25, 0.3) is 5.91 Å². The van der Waals surface area contributed by atoms with E-state index in [9.17, 15) is 9.59 Å². The molecule has 0 saturated heterocycles. The van der Waals surface area contributed by atoms with Crippen LogP contribution in [0, 0.1) is 0 Å². The summed E-state index contributed by atoms with van der Waals surface area (Å²) >= 11 is 13.8. The molecule has 0 aromatic heterocycles. The normalized spacial score (nSPS) is 10.5. The summed E-state index contributed by atoms with van der Waals surface area (Å²) in [6.07, 6.45) is 0. The van der Waals surface area contributed by atoms with Crippen molar-refractivity contribution in [1.29, 1.82) is 0 Å². The maximum atomic E-state index is 12.5. The van der Waals surface area contributed by atoms with Gasteiger partial charge in [-0.05, 0) is 67.1 Å². The largest absolute Gasteiger partial charge is 0.462 e. The Hall–Kier alpha value is -2.47. The third-order valence-corrected chi connectivity index (χ3v) is 5.81. The first-order chi connectivity index (χ1) is 14.5. The predicted molar refractivity (Wildman–Crippen MR) is 123 cm³/mol. The molecule has 0 heterocycles. The average Bonchev–Trinajstić information content (AvgIpc) is 2.75. The van der Waals surface area contributed by atoms with Crippen molar-refractivity contribution in [3.8, 4) is 0 Å². The summed E-state index contributed by atoms with van der Waals surface area (Å²) in [5.41, 5.74) is 2.38. The minimum absolute atomic E-state index is 0.268. The molecule has 0 aliphatic rings. The molecule has 0 unspecified atom stereocenters. The van der Waals surface area contributed by atoms with Gasteiger partial charge in [0.05, 0.1) is 22.9 Å². The SMILES string of the molecule is CCOC(=O)c1ccc(NC(=O)c2ccc(CSc3ccc(Cl)cc3)cc2)c(Cl)c1. The Morgan fingerprint density at radius 3 is 2.23 bits per heavy atom. The summed E-state index contributed by atoms with van der Waals surface area (Å²) in [5, 5.41) is 3.75. The van der Waals surface area contributed by atoms with Crippen molar-refractivity contribution in [2.45, 2.75) is 17.6 Å². The van der Waals surface area contributed by atoms with Gasteiger partial charge in [-0.3, -0.25) is 4.79 Å². The Morgan fingerprint density at radius 2 is 1.60 bits per heavy atom. The Balaban J connectivity index is 1.60. The third-order valence-electron chi connectivity index (χ3n) is 4.16. The first-order valence-electron chi connectivity index (χ1n) is 9.21. The standard InChI is InChI=1S/C23H19Cl2NO3S/c1-2-29-23(28)17-7-12-21(20(25)13-17)26-22(27)16-5-3-15(4-6-16)14-30-19-10-8-18(24)9-11-19/h3-13H,2,14H2,1H3,(H,26,27). The van der Waals surface area contributed by atoms with Gasteiger partial charge in [0.2, 0.25) is 0 Å². The molecule has 1 N–H and O–H groups in total. The molecule has 1 amide bonds. The first kappa shape index (κ1) is 22.2. The number of carbonyl (C=O) groups excluding carboxylic acids is 2. The molecule has 3 aromatic rings. The maximum absolute atomic E-state index is 12.5. The van der Waals surface area contributed by atoms with E-state index in [2.05, 4.69) is 5.32 Å². The fourth-order valence-corrected chi connectivity index (χ4v) is 3.81. The van der Waals surface area contributed by atoms with Gasteiger partial charge in [-0.2, -0.15) is 0 Å². The summed E-state index contributed by atoms with van der Waals surface area (Å²) in [6.45, 7) is 2.01. The lowest BCUT2D eigenvalue weighted by molar-refractivity contribution is 0.0526. The quantitative estimate of drug-likeness (QED) is 0.314. The number of rotatable bonds is 7. The summed E-state index contributed by atoms with van der Waals surface area (Å²) in [6, 6.07) is 19.7. The van der Waals surface area contributed by atoms with Crippen molar-refractivity contribution in [2.75, 3.05) is 11.9 Å². The van der Waals surface area contributed by atoms with Crippen molar-refractivity contribution in [3.05, 3.63) is 93.5 Å². The van der Waals surface area contributed by atoms with Crippen LogP contribution in [0.4, 0.5) is 5.69 Å². The van der Waals surface area contributed by atoms with E-state index in [1.807, 2.05) is 36.4 Å². The lowest BCUT2D eigenvalue weighted by Gasteiger charge is -2.09. The molecule has 4 nitrogen and oxygen atoms in total. The number of carbonyl (C=O) groups is 2. The van der Waals surface area contributed by atoms with Crippen LogP contribution in [0.5, 0.6) is 0 Å². The second-order valence-corrected chi connectivity index (χ2v) is 8.20. The van der Waals surface area contributed by atoms with Crippen LogP contribution in [-0.4, -0.2) is 18.5 Å². The van der Waals surface area contributed by atoms with Gasteiger partial charge in [0.1, 0.15) is 0 Å². The van der Waals surface area contributed by atoms with E-state index in [0.717, 1.165) is 16.2 Å². The number of esters is 1. The van der Waals surface area contributed by atoms with Crippen molar-refractivity contribution in [3.63, 3.8) is 0 Å².